The van der Waals surface area contributed by atoms with Gasteiger partial charge >= 0.3 is 0 Å². The number of hydrogen-bond donors (Lipinski definition) is 1. The number of nitriles is 1. The van der Waals surface area contributed by atoms with E-state index in [0.717, 1.165) is 25.3 Å². The van der Waals surface area contributed by atoms with E-state index < -0.39 is 5.92 Å². The molecule has 2 aliphatic rings. The van der Waals surface area contributed by atoms with Gasteiger partial charge in [0.15, 0.2) is 0 Å². The molecular formula is C22H22Cl2N4O3. The summed E-state index contributed by atoms with van der Waals surface area (Å²) in [6, 6.07) is 8.95. The zero-order valence-electron chi connectivity index (χ0n) is 17.0. The van der Waals surface area contributed by atoms with Crippen molar-refractivity contribution < 1.29 is 9.47 Å². The van der Waals surface area contributed by atoms with E-state index in [-0.39, 0.29) is 17.0 Å². The number of rotatable bonds is 4. The van der Waals surface area contributed by atoms with Crippen LogP contribution in [0.2, 0.25) is 10.0 Å². The van der Waals surface area contributed by atoms with Crippen LogP contribution in [0.5, 0.6) is 5.75 Å². The predicted octanol–water partition coefficient (Wildman–Crippen LogP) is 3.01. The molecule has 2 N–H and O–H groups in total. The molecule has 1 aromatic carbocycles. The van der Waals surface area contributed by atoms with Gasteiger partial charge in [0.05, 0.1) is 34.7 Å². The van der Waals surface area contributed by atoms with Crippen LogP contribution >= 0.6 is 23.2 Å². The van der Waals surface area contributed by atoms with Crippen LogP contribution in [0.4, 0.5) is 0 Å². The Hall–Kier alpha value is -2.50. The van der Waals surface area contributed by atoms with Gasteiger partial charge in [-0.05, 0) is 24.6 Å². The van der Waals surface area contributed by atoms with Gasteiger partial charge in [-0.25, -0.2) is 0 Å². The highest BCUT2D eigenvalue weighted by atomic mass is 35.5. The van der Waals surface area contributed by atoms with Gasteiger partial charge in [-0.2, -0.15) is 5.26 Å². The number of aromatic nitrogens is 1. The van der Waals surface area contributed by atoms with Gasteiger partial charge in [0, 0.05) is 37.9 Å². The van der Waals surface area contributed by atoms with Gasteiger partial charge in [-0.1, -0.05) is 29.3 Å². The average Bonchev–Trinajstić information content (AvgIpc) is 2.75. The van der Waals surface area contributed by atoms with E-state index in [1.807, 2.05) is 6.92 Å². The van der Waals surface area contributed by atoms with E-state index in [4.69, 9.17) is 38.4 Å². The van der Waals surface area contributed by atoms with Gasteiger partial charge in [-0.3, -0.25) is 9.69 Å². The molecule has 2 aromatic rings. The normalized spacial score (nSPS) is 19.0. The summed E-state index contributed by atoms with van der Waals surface area (Å²) in [6.45, 7) is 6.18. The number of halogens is 2. The van der Waals surface area contributed by atoms with Gasteiger partial charge < -0.3 is 19.8 Å². The van der Waals surface area contributed by atoms with Gasteiger partial charge in [0.2, 0.25) is 5.88 Å². The van der Waals surface area contributed by atoms with Crippen molar-refractivity contribution in [3.05, 3.63) is 72.9 Å². The second kappa shape index (κ2) is 8.93. The highest BCUT2D eigenvalue weighted by Gasteiger charge is 2.34. The number of hydrogen-bond acceptors (Lipinski definition) is 6. The van der Waals surface area contributed by atoms with Crippen LogP contribution in [0, 0.1) is 18.3 Å². The first-order valence-electron chi connectivity index (χ1n) is 9.97. The minimum atomic E-state index is -0.689. The van der Waals surface area contributed by atoms with E-state index in [1.54, 1.807) is 28.8 Å². The quantitative estimate of drug-likeness (QED) is 0.753. The fourth-order valence-electron chi connectivity index (χ4n) is 4.06. The predicted molar refractivity (Wildman–Crippen MR) is 118 cm³/mol. The molecular weight excluding hydrogens is 439 g/mol. The third-order valence-electron chi connectivity index (χ3n) is 5.71. The first-order valence-corrected chi connectivity index (χ1v) is 10.7. The molecule has 31 heavy (non-hydrogen) atoms. The molecule has 4 rings (SSSR count). The smallest absolute Gasteiger partial charge is 0.258 e. The Labute approximate surface area is 190 Å². The van der Waals surface area contributed by atoms with Crippen LogP contribution in [-0.2, 0) is 11.3 Å². The third kappa shape index (κ3) is 4.17. The summed E-state index contributed by atoms with van der Waals surface area (Å²) in [4.78, 5) is 15.9. The first-order chi connectivity index (χ1) is 14.9. The van der Waals surface area contributed by atoms with Crippen LogP contribution in [0.25, 0.3) is 0 Å². The largest absolute Gasteiger partial charge is 0.440 e. The van der Waals surface area contributed by atoms with E-state index in [9.17, 15) is 10.1 Å². The molecule has 0 unspecified atom stereocenters. The Morgan fingerprint density at radius 1 is 1.19 bits per heavy atom. The maximum Gasteiger partial charge on any atom is 0.258 e. The maximum absolute atomic E-state index is 13.6. The molecule has 0 spiro atoms. The van der Waals surface area contributed by atoms with Gasteiger partial charge in [-0.15, -0.1) is 0 Å². The lowest BCUT2D eigenvalue weighted by Gasteiger charge is -2.29. The minimum Gasteiger partial charge on any atom is -0.440 e. The summed E-state index contributed by atoms with van der Waals surface area (Å²) in [6.07, 6.45) is 0. The molecule has 1 atom stereocenters. The third-order valence-corrected chi connectivity index (χ3v) is 6.45. The Kier molecular flexibility index (Phi) is 6.26. The van der Waals surface area contributed by atoms with Crippen LogP contribution < -0.4 is 16.0 Å². The average molecular weight is 461 g/mol. The Bertz CT molecular complexity index is 1150. The number of pyridine rings is 1. The highest BCUT2D eigenvalue weighted by molar-refractivity contribution is 6.42. The minimum absolute atomic E-state index is 0.0176. The molecule has 1 saturated heterocycles. The van der Waals surface area contributed by atoms with Crippen molar-refractivity contribution in [3.63, 3.8) is 0 Å². The molecule has 0 amide bonds. The fourth-order valence-corrected chi connectivity index (χ4v) is 4.36. The summed E-state index contributed by atoms with van der Waals surface area (Å²) >= 11 is 12.3. The second-order valence-corrected chi connectivity index (χ2v) is 8.39. The Morgan fingerprint density at radius 2 is 1.94 bits per heavy atom. The molecule has 3 heterocycles. The van der Waals surface area contributed by atoms with Crippen molar-refractivity contribution in [2.24, 2.45) is 5.73 Å². The van der Waals surface area contributed by atoms with Gasteiger partial charge in [0.1, 0.15) is 17.4 Å². The Balaban J connectivity index is 1.79. The van der Waals surface area contributed by atoms with Crippen molar-refractivity contribution in [3.8, 4) is 11.8 Å². The monoisotopic (exact) mass is 460 g/mol. The number of benzene rings is 1. The molecule has 7 nitrogen and oxygen atoms in total. The standard InChI is InChI=1S/C22H22Cl2N4O3/c1-13-10-18-20(22(29)28(13)5-4-27-6-8-30-9-7-27)19(15(12-25)21(26)31-18)14-2-3-16(23)17(24)11-14/h2-3,10-11,19H,4-9,26H2,1H3/t19-/m0/s1. The summed E-state index contributed by atoms with van der Waals surface area (Å²) < 4.78 is 12.8. The highest BCUT2D eigenvalue weighted by Crippen LogP contribution is 2.41. The zero-order chi connectivity index (χ0) is 22.1. The van der Waals surface area contributed by atoms with Crippen LogP contribution in [0.1, 0.15) is 22.7 Å². The van der Waals surface area contributed by atoms with E-state index in [2.05, 4.69) is 11.0 Å². The van der Waals surface area contributed by atoms with Crippen LogP contribution in [0.3, 0.4) is 0 Å². The second-order valence-electron chi connectivity index (χ2n) is 7.57. The number of ether oxygens (including phenoxy) is 2. The summed E-state index contributed by atoms with van der Waals surface area (Å²) in [7, 11) is 0. The Morgan fingerprint density at radius 3 is 2.61 bits per heavy atom. The van der Waals surface area contributed by atoms with Crippen molar-refractivity contribution in [2.45, 2.75) is 19.4 Å². The van der Waals surface area contributed by atoms with Crippen molar-refractivity contribution >= 4 is 23.2 Å². The summed E-state index contributed by atoms with van der Waals surface area (Å²) in [5.41, 5.74) is 7.79. The lowest BCUT2D eigenvalue weighted by molar-refractivity contribution is 0.0362. The number of nitrogens with zero attached hydrogens (tertiary/aromatic N) is 3. The molecule has 9 heteroatoms. The number of allylic oxidation sites excluding steroid dienone is 1. The van der Waals surface area contributed by atoms with Crippen LogP contribution in [0.15, 0.2) is 40.5 Å². The molecule has 162 valence electrons. The summed E-state index contributed by atoms with van der Waals surface area (Å²) in [5.74, 6) is -0.347. The topological polar surface area (TPSA) is 93.5 Å². The lowest BCUT2D eigenvalue weighted by Crippen LogP contribution is -2.40. The number of morpholine rings is 1. The van der Waals surface area contributed by atoms with Crippen molar-refractivity contribution in [1.29, 1.82) is 5.26 Å². The molecule has 0 saturated carbocycles. The van der Waals surface area contributed by atoms with E-state index in [1.165, 1.54) is 0 Å². The first kappa shape index (κ1) is 21.7. The van der Waals surface area contributed by atoms with Crippen LogP contribution in [-0.4, -0.2) is 42.3 Å². The zero-order valence-corrected chi connectivity index (χ0v) is 18.5. The molecule has 0 bridgehead atoms. The molecule has 1 aromatic heterocycles. The summed E-state index contributed by atoms with van der Waals surface area (Å²) in [5, 5.41) is 10.5. The van der Waals surface area contributed by atoms with E-state index in [0.29, 0.717) is 46.7 Å². The maximum atomic E-state index is 13.6. The molecule has 1 fully saturated rings. The molecule has 0 aliphatic carbocycles. The number of aryl methyl sites for hydroxylation is 1. The SMILES string of the molecule is Cc1cc2c(c(=O)n1CCN1CCOCC1)[C@@H](c1ccc(Cl)c(Cl)c1)C(C#N)=C(N)O2. The number of fused-ring (bicyclic) bond motifs is 1. The van der Waals surface area contributed by atoms with Crippen molar-refractivity contribution in [2.75, 3.05) is 32.8 Å². The molecule has 2 aliphatic heterocycles. The van der Waals surface area contributed by atoms with E-state index >= 15 is 0 Å². The van der Waals surface area contributed by atoms with Crippen molar-refractivity contribution in [1.82, 2.24) is 9.47 Å². The number of nitrogens with two attached hydrogens (primary N) is 1. The molecule has 0 radical (unpaired) electrons. The lowest BCUT2D eigenvalue weighted by atomic mass is 9.84. The fraction of sp³-hybridized carbons (Fsp3) is 0.364. The van der Waals surface area contributed by atoms with Gasteiger partial charge in [0.25, 0.3) is 5.56 Å².